The van der Waals surface area contributed by atoms with Crippen LogP contribution in [0.3, 0.4) is 0 Å². The maximum absolute atomic E-state index is 11.1. The minimum absolute atomic E-state index is 0.595. The molecule has 3 aromatic rings. The summed E-state index contributed by atoms with van der Waals surface area (Å²) in [5.74, 6) is -1.03. The van der Waals surface area contributed by atoms with E-state index in [0.29, 0.717) is 11.3 Å². The van der Waals surface area contributed by atoms with Gasteiger partial charge in [-0.15, -0.1) is 0 Å². The Labute approximate surface area is 183 Å². The number of rotatable bonds is 8. The van der Waals surface area contributed by atoms with E-state index in [1.165, 1.54) is 6.08 Å². The van der Waals surface area contributed by atoms with Crippen LogP contribution in [-0.4, -0.2) is 11.1 Å². The first kappa shape index (κ1) is 22.0. The maximum atomic E-state index is 11.1. The van der Waals surface area contributed by atoms with Crippen LogP contribution >= 0.6 is 7.05 Å². The molecule has 3 rings (SSSR count). The van der Waals surface area contributed by atoms with Crippen LogP contribution in [-0.2, 0) is 4.79 Å². The van der Waals surface area contributed by atoms with E-state index < -0.39 is 13.0 Å². The van der Waals surface area contributed by atoms with Gasteiger partial charge in [0.15, 0.2) is 0 Å². The Morgan fingerprint density at radius 2 is 1.13 bits per heavy atom. The number of hydrogen-bond donors (Lipinski definition) is 1. The lowest BCUT2D eigenvalue weighted by Gasteiger charge is -2.27. The summed E-state index contributed by atoms with van der Waals surface area (Å²) in [5.41, 5.74) is 1.20. The zero-order valence-electron chi connectivity index (χ0n) is 17.1. The molecule has 3 aromatic carbocycles. The summed E-state index contributed by atoms with van der Waals surface area (Å²) < 4.78 is 5.34. The number of carboxylic acids is 1. The molecule has 0 spiro atoms. The van der Waals surface area contributed by atoms with Gasteiger partial charge in [-0.05, 0) is 17.7 Å². The van der Waals surface area contributed by atoms with Crippen LogP contribution in [0.15, 0.2) is 144 Å². The summed E-state index contributed by atoms with van der Waals surface area (Å²) in [6.07, 6.45) is 5.86. The average molecular weight is 425 g/mol. The number of carboxylic acid groups (broad SMARTS) is 1. The van der Waals surface area contributed by atoms with Crippen LogP contribution < -0.4 is 15.9 Å². The molecular weight excluding hydrogens is 401 g/mol. The van der Waals surface area contributed by atoms with Gasteiger partial charge in [-0.1, -0.05) is 110 Å². The number of benzene rings is 3. The molecule has 0 heterocycles. The Hall–Kier alpha value is -3.68. The van der Waals surface area contributed by atoms with Crippen LogP contribution in [0.2, 0.25) is 0 Å². The highest BCUT2D eigenvalue weighted by atomic mass is 31.2. The van der Waals surface area contributed by atoms with Gasteiger partial charge in [-0.25, -0.2) is 4.79 Å². The molecule has 154 valence electrons. The van der Waals surface area contributed by atoms with Gasteiger partial charge in [-0.3, -0.25) is 4.74 Å². The molecule has 0 unspecified atom stereocenters. The fourth-order valence-corrected chi connectivity index (χ4v) is 6.92. The zero-order chi connectivity index (χ0) is 22.1. The Morgan fingerprint density at radius 3 is 1.45 bits per heavy atom. The van der Waals surface area contributed by atoms with Crippen LogP contribution in [0.25, 0.3) is 0 Å². The van der Waals surface area contributed by atoms with E-state index in [-0.39, 0.29) is 0 Å². The van der Waals surface area contributed by atoms with Gasteiger partial charge in [0.2, 0.25) is 0 Å². The van der Waals surface area contributed by atoms with E-state index in [0.717, 1.165) is 22.0 Å². The summed E-state index contributed by atoms with van der Waals surface area (Å²) in [6, 6.07) is 30.6. The van der Waals surface area contributed by atoms with Crippen LogP contribution in [0.4, 0.5) is 0 Å². The van der Waals surface area contributed by atoms with Crippen molar-refractivity contribution in [1.29, 1.82) is 0 Å². The highest BCUT2D eigenvalue weighted by Crippen LogP contribution is 2.48. The van der Waals surface area contributed by atoms with Crippen molar-refractivity contribution in [3.63, 3.8) is 0 Å². The number of nitrogens with zero attached hydrogens (tertiary/aromatic N) is 1. The van der Waals surface area contributed by atoms with Gasteiger partial charge in [-0.2, -0.15) is 0 Å². The highest BCUT2D eigenvalue weighted by molar-refractivity contribution is 7.87. The number of allylic oxidation sites excluding steroid dienone is 4. The van der Waals surface area contributed by atoms with Gasteiger partial charge < -0.3 is 5.11 Å². The van der Waals surface area contributed by atoms with E-state index in [4.69, 9.17) is 9.85 Å². The smallest absolute Gasteiger partial charge is 0.328 e. The summed E-state index contributed by atoms with van der Waals surface area (Å²) in [4.78, 5) is 11.1. The van der Waals surface area contributed by atoms with Crippen molar-refractivity contribution in [1.82, 2.24) is 0 Å². The van der Waals surface area contributed by atoms with Crippen molar-refractivity contribution in [2.75, 3.05) is 0 Å². The minimum atomic E-state index is -2.47. The molecule has 0 fully saturated rings. The summed E-state index contributed by atoms with van der Waals surface area (Å²) in [7, 11) is -2.47. The molecule has 0 radical (unpaired) electrons. The van der Waals surface area contributed by atoms with Crippen molar-refractivity contribution in [3.05, 3.63) is 140 Å². The SMILES string of the molecule is C=CC(/C=C/C(=O)O)=C(\C=C)N=P(c1ccccc1)(c1ccccc1)c1ccccc1. The quantitative estimate of drug-likeness (QED) is 0.297. The van der Waals surface area contributed by atoms with Gasteiger partial charge >= 0.3 is 5.97 Å². The topological polar surface area (TPSA) is 49.7 Å². The second-order valence-corrected chi connectivity index (χ2v) is 9.68. The normalized spacial score (nSPS) is 12.1. The number of aliphatic carboxylic acids is 1. The lowest BCUT2D eigenvalue weighted by atomic mass is 10.2. The Morgan fingerprint density at radius 1 is 0.710 bits per heavy atom. The fourth-order valence-electron chi connectivity index (χ4n) is 3.35. The molecule has 0 saturated carbocycles. The van der Waals surface area contributed by atoms with Crippen molar-refractivity contribution >= 4 is 28.9 Å². The lowest BCUT2D eigenvalue weighted by Crippen LogP contribution is -2.25. The maximum Gasteiger partial charge on any atom is 0.328 e. The molecule has 3 nitrogen and oxygen atoms in total. The standard InChI is InChI=1S/C27H24NO2P/c1-3-22(20-21-27(29)30)26(4-2)28-31(23-14-8-5-9-15-23,24-16-10-6-11-17-24)25-18-12-7-13-19-25/h3-21H,1-2H2,(H,29,30)/b21-20+,26-22-. The van der Waals surface area contributed by atoms with E-state index >= 15 is 0 Å². The molecule has 0 aliphatic heterocycles. The van der Waals surface area contributed by atoms with Gasteiger partial charge in [0.05, 0.1) is 12.8 Å². The van der Waals surface area contributed by atoms with Gasteiger partial charge in [0, 0.05) is 22.0 Å². The lowest BCUT2D eigenvalue weighted by molar-refractivity contribution is -0.131. The van der Waals surface area contributed by atoms with E-state index in [1.807, 2.05) is 54.6 Å². The fraction of sp³-hybridized carbons (Fsp3) is 0. The second kappa shape index (κ2) is 10.4. The third kappa shape index (κ3) is 4.91. The third-order valence-electron chi connectivity index (χ3n) is 4.76. The first-order chi connectivity index (χ1) is 15.1. The molecular formula is C27H24NO2P. The monoisotopic (exact) mass is 425 g/mol. The van der Waals surface area contributed by atoms with Crippen molar-refractivity contribution in [2.24, 2.45) is 4.74 Å². The van der Waals surface area contributed by atoms with Gasteiger partial charge in [0.1, 0.15) is 0 Å². The average Bonchev–Trinajstić information content (AvgIpc) is 2.83. The highest BCUT2D eigenvalue weighted by Gasteiger charge is 2.27. The summed E-state index contributed by atoms with van der Waals surface area (Å²) in [6.45, 7) is 7.82. The largest absolute Gasteiger partial charge is 0.478 e. The number of carbonyl (C=O) groups is 1. The van der Waals surface area contributed by atoms with Crippen LogP contribution in [0.5, 0.6) is 0 Å². The van der Waals surface area contributed by atoms with Crippen molar-refractivity contribution in [2.45, 2.75) is 0 Å². The van der Waals surface area contributed by atoms with Gasteiger partial charge in [0.25, 0.3) is 0 Å². The first-order valence-electron chi connectivity index (χ1n) is 9.81. The Bertz CT molecular complexity index is 1070. The minimum Gasteiger partial charge on any atom is -0.478 e. The molecule has 1 N–H and O–H groups in total. The van der Waals surface area contributed by atoms with Crippen molar-refractivity contribution < 1.29 is 9.90 Å². The molecule has 31 heavy (non-hydrogen) atoms. The molecule has 0 atom stereocenters. The zero-order valence-corrected chi connectivity index (χ0v) is 18.0. The molecule has 0 aromatic heterocycles. The van der Waals surface area contributed by atoms with E-state index in [1.54, 1.807) is 12.2 Å². The van der Waals surface area contributed by atoms with Crippen LogP contribution in [0, 0.1) is 0 Å². The Balaban J connectivity index is 2.49. The van der Waals surface area contributed by atoms with E-state index in [9.17, 15) is 4.79 Å². The summed E-state index contributed by atoms with van der Waals surface area (Å²) in [5, 5.41) is 12.4. The molecule has 0 aliphatic rings. The molecule has 4 heteroatoms. The number of hydrogen-bond acceptors (Lipinski definition) is 2. The molecule has 0 amide bonds. The summed E-state index contributed by atoms with van der Waals surface area (Å²) >= 11 is 0. The van der Waals surface area contributed by atoms with Crippen LogP contribution in [0.1, 0.15) is 0 Å². The predicted molar refractivity (Wildman–Crippen MR) is 132 cm³/mol. The second-order valence-electron chi connectivity index (χ2n) is 6.66. The van der Waals surface area contributed by atoms with E-state index in [2.05, 4.69) is 49.6 Å². The third-order valence-corrected chi connectivity index (χ3v) is 8.41. The predicted octanol–water partition coefficient (Wildman–Crippen LogP) is 5.43. The molecule has 0 saturated heterocycles. The molecule has 0 bridgehead atoms. The Kier molecular flexibility index (Phi) is 7.37. The molecule has 0 aliphatic carbocycles. The van der Waals surface area contributed by atoms with Crippen molar-refractivity contribution in [3.8, 4) is 0 Å². The first-order valence-corrected chi connectivity index (χ1v) is 11.6.